The summed E-state index contributed by atoms with van der Waals surface area (Å²) in [6.45, 7) is 0. The number of likely N-dealkylation sites (N-methyl/N-ethyl adjacent to an activating group) is 1. The fourth-order valence-electron chi connectivity index (χ4n) is 0.957. The maximum absolute atomic E-state index is 10.6. The van der Waals surface area contributed by atoms with E-state index in [2.05, 4.69) is 5.32 Å². The summed E-state index contributed by atoms with van der Waals surface area (Å²) in [7, 11) is 1.62. The summed E-state index contributed by atoms with van der Waals surface area (Å²) in [4.78, 5) is 10.6. The van der Waals surface area contributed by atoms with E-state index in [1.165, 1.54) is 6.26 Å². The van der Waals surface area contributed by atoms with Crippen molar-refractivity contribution in [2.75, 3.05) is 7.05 Å². The molecule has 0 amide bonds. The lowest BCUT2D eigenvalue weighted by molar-refractivity contribution is -0.139. The van der Waals surface area contributed by atoms with Crippen LogP contribution in [0.15, 0.2) is 23.0 Å². The van der Waals surface area contributed by atoms with Gasteiger partial charge < -0.3 is 14.8 Å². The number of nitrogens with one attached hydrogen (secondary N) is 1. The van der Waals surface area contributed by atoms with Crippen LogP contribution in [0, 0.1) is 0 Å². The Morgan fingerprint density at radius 2 is 2.58 bits per heavy atom. The fourth-order valence-corrected chi connectivity index (χ4v) is 0.957. The number of carboxylic acid groups (broad SMARTS) is 1. The van der Waals surface area contributed by atoms with Crippen molar-refractivity contribution in [2.24, 2.45) is 0 Å². The minimum absolute atomic E-state index is 0.447. The van der Waals surface area contributed by atoms with Crippen molar-refractivity contribution in [3.8, 4) is 0 Å². The zero-order valence-electron chi connectivity index (χ0n) is 6.78. The number of carboxylic acids is 1. The Hall–Kier alpha value is -1.29. The summed E-state index contributed by atoms with van der Waals surface area (Å²) >= 11 is 0. The van der Waals surface area contributed by atoms with E-state index in [0.29, 0.717) is 6.42 Å². The predicted molar refractivity (Wildman–Crippen MR) is 42.9 cm³/mol. The SMILES string of the molecule is CN[C@H](Cc1ccoc1)C(=O)O. The average molecular weight is 169 g/mol. The van der Waals surface area contributed by atoms with Gasteiger partial charge >= 0.3 is 5.97 Å². The van der Waals surface area contributed by atoms with E-state index in [0.717, 1.165) is 5.56 Å². The van der Waals surface area contributed by atoms with Gasteiger partial charge in [-0.2, -0.15) is 0 Å². The summed E-state index contributed by atoms with van der Waals surface area (Å²) in [5.41, 5.74) is 0.886. The summed E-state index contributed by atoms with van der Waals surface area (Å²) in [6.07, 6.45) is 3.53. The van der Waals surface area contributed by atoms with Gasteiger partial charge in [-0.05, 0) is 18.7 Å². The molecule has 1 aromatic heterocycles. The van der Waals surface area contributed by atoms with E-state index >= 15 is 0 Å². The van der Waals surface area contributed by atoms with Gasteiger partial charge in [0, 0.05) is 6.42 Å². The van der Waals surface area contributed by atoms with Crippen LogP contribution in [0.5, 0.6) is 0 Å². The minimum atomic E-state index is -0.848. The maximum atomic E-state index is 10.6. The van der Waals surface area contributed by atoms with Crippen molar-refractivity contribution in [2.45, 2.75) is 12.5 Å². The Morgan fingerprint density at radius 3 is 3.00 bits per heavy atom. The molecular weight excluding hydrogens is 158 g/mol. The molecule has 0 aliphatic heterocycles. The van der Waals surface area contributed by atoms with Gasteiger partial charge in [-0.25, -0.2) is 0 Å². The van der Waals surface area contributed by atoms with Crippen LogP contribution in [0.25, 0.3) is 0 Å². The Kier molecular flexibility index (Phi) is 2.88. The molecule has 2 N–H and O–H groups in total. The van der Waals surface area contributed by atoms with Crippen LogP contribution in [-0.4, -0.2) is 24.2 Å². The van der Waals surface area contributed by atoms with Gasteiger partial charge in [0.05, 0.1) is 12.5 Å². The second-order valence-electron chi connectivity index (χ2n) is 2.52. The second kappa shape index (κ2) is 3.92. The number of hydrogen-bond donors (Lipinski definition) is 2. The fraction of sp³-hybridized carbons (Fsp3) is 0.375. The Labute approximate surface area is 70.2 Å². The van der Waals surface area contributed by atoms with Gasteiger partial charge in [-0.3, -0.25) is 4.79 Å². The number of aliphatic carboxylic acids is 1. The third-order valence-corrected chi connectivity index (χ3v) is 1.67. The van der Waals surface area contributed by atoms with Crippen LogP contribution in [0.2, 0.25) is 0 Å². The van der Waals surface area contributed by atoms with Crippen molar-refractivity contribution in [3.63, 3.8) is 0 Å². The second-order valence-corrected chi connectivity index (χ2v) is 2.52. The highest BCUT2D eigenvalue weighted by atomic mass is 16.4. The van der Waals surface area contributed by atoms with Crippen LogP contribution >= 0.6 is 0 Å². The topological polar surface area (TPSA) is 62.5 Å². The molecule has 0 radical (unpaired) electrons. The Balaban J connectivity index is 2.54. The number of carbonyl (C=O) groups is 1. The third-order valence-electron chi connectivity index (χ3n) is 1.67. The molecule has 0 unspecified atom stereocenters. The van der Waals surface area contributed by atoms with E-state index in [9.17, 15) is 4.79 Å². The first kappa shape index (κ1) is 8.80. The lowest BCUT2D eigenvalue weighted by atomic mass is 10.1. The quantitative estimate of drug-likeness (QED) is 0.688. The van der Waals surface area contributed by atoms with Gasteiger partial charge in [-0.1, -0.05) is 0 Å². The molecule has 12 heavy (non-hydrogen) atoms. The number of hydrogen-bond acceptors (Lipinski definition) is 3. The van der Waals surface area contributed by atoms with E-state index in [1.807, 2.05) is 0 Å². The van der Waals surface area contributed by atoms with Crippen molar-refractivity contribution in [3.05, 3.63) is 24.2 Å². The molecular formula is C8H11NO3. The average Bonchev–Trinajstić information content (AvgIpc) is 2.51. The van der Waals surface area contributed by atoms with Crippen LogP contribution in [0.3, 0.4) is 0 Å². The van der Waals surface area contributed by atoms with Crippen LogP contribution < -0.4 is 5.32 Å². The van der Waals surface area contributed by atoms with Crippen LogP contribution in [0.1, 0.15) is 5.56 Å². The molecule has 0 aliphatic rings. The summed E-state index contributed by atoms with van der Waals surface area (Å²) < 4.78 is 4.82. The molecule has 0 saturated heterocycles. The zero-order valence-corrected chi connectivity index (χ0v) is 6.78. The molecule has 0 bridgehead atoms. The monoisotopic (exact) mass is 169 g/mol. The number of rotatable bonds is 4. The summed E-state index contributed by atoms with van der Waals surface area (Å²) in [5, 5.41) is 11.4. The Morgan fingerprint density at radius 1 is 1.83 bits per heavy atom. The first-order valence-electron chi connectivity index (χ1n) is 3.65. The molecule has 1 aromatic rings. The molecule has 1 heterocycles. The van der Waals surface area contributed by atoms with E-state index in [-0.39, 0.29) is 0 Å². The van der Waals surface area contributed by atoms with Crippen molar-refractivity contribution < 1.29 is 14.3 Å². The largest absolute Gasteiger partial charge is 0.480 e. The standard InChI is InChI=1S/C8H11NO3/c1-9-7(8(10)11)4-6-2-3-12-5-6/h2-3,5,7,9H,4H2,1H3,(H,10,11)/t7-/m1/s1. The van der Waals surface area contributed by atoms with Crippen LogP contribution in [-0.2, 0) is 11.2 Å². The zero-order chi connectivity index (χ0) is 8.97. The molecule has 0 aromatic carbocycles. The Bertz CT molecular complexity index is 243. The first-order valence-corrected chi connectivity index (χ1v) is 3.65. The lowest BCUT2D eigenvalue weighted by Gasteiger charge is -2.08. The molecule has 4 nitrogen and oxygen atoms in total. The smallest absolute Gasteiger partial charge is 0.321 e. The van der Waals surface area contributed by atoms with Crippen LogP contribution in [0.4, 0.5) is 0 Å². The predicted octanol–water partition coefficient (Wildman–Crippen LogP) is 0.495. The van der Waals surface area contributed by atoms with Crippen molar-refractivity contribution in [1.82, 2.24) is 5.32 Å². The van der Waals surface area contributed by atoms with Gasteiger partial charge in [0.2, 0.25) is 0 Å². The van der Waals surface area contributed by atoms with Gasteiger partial charge in [0.25, 0.3) is 0 Å². The molecule has 0 saturated carbocycles. The summed E-state index contributed by atoms with van der Waals surface area (Å²) in [6, 6.07) is 1.22. The molecule has 1 atom stereocenters. The normalized spacial score (nSPS) is 12.8. The van der Waals surface area contributed by atoms with Gasteiger partial charge in [0.1, 0.15) is 6.04 Å². The molecule has 66 valence electrons. The molecule has 1 rings (SSSR count). The summed E-state index contributed by atoms with van der Waals surface area (Å²) in [5.74, 6) is -0.848. The highest BCUT2D eigenvalue weighted by molar-refractivity contribution is 5.73. The van der Waals surface area contributed by atoms with Gasteiger partial charge in [0.15, 0.2) is 0 Å². The maximum Gasteiger partial charge on any atom is 0.321 e. The molecule has 0 spiro atoms. The van der Waals surface area contributed by atoms with E-state index in [1.54, 1.807) is 19.4 Å². The molecule has 0 fully saturated rings. The third kappa shape index (κ3) is 2.10. The molecule has 0 aliphatic carbocycles. The van der Waals surface area contributed by atoms with E-state index < -0.39 is 12.0 Å². The minimum Gasteiger partial charge on any atom is -0.480 e. The number of furan rings is 1. The highest BCUT2D eigenvalue weighted by Gasteiger charge is 2.15. The highest BCUT2D eigenvalue weighted by Crippen LogP contribution is 2.03. The van der Waals surface area contributed by atoms with Crippen molar-refractivity contribution in [1.29, 1.82) is 0 Å². The van der Waals surface area contributed by atoms with E-state index in [4.69, 9.17) is 9.52 Å². The van der Waals surface area contributed by atoms with Gasteiger partial charge in [-0.15, -0.1) is 0 Å². The first-order chi connectivity index (χ1) is 5.74. The molecule has 4 heteroatoms. The lowest BCUT2D eigenvalue weighted by Crippen LogP contribution is -2.35. The van der Waals surface area contributed by atoms with Crippen molar-refractivity contribution >= 4 is 5.97 Å².